The second kappa shape index (κ2) is 11.8. The number of aliphatic hydroxyl groups excluding tert-OH is 1. The van der Waals surface area contributed by atoms with E-state index in [2.05, 4.69) is 12.1 Å². The van der Waals surface area contributed by atoms with Gasteiger partial charge in [-0.3, -0.25) is 14.5 Å². The number of hydrogen-bond donors (Lipinski definition) is 1. The lowest BCUT2D eigenvalue weighted by Gasteiger charge is -2.23. The van der Waals surface area contributed by atoms with Gasteiger partial charge in [-0.2, -0.15) is 0 Å². The van der Waals surface area contributed by atoms with Crippen LogP contribution < -0.4 is 14.4 Å². The third-order valence-corrected chi connectivity index (χ3v) is 6.12. The number of rotatable bonds is 11. The van der Waals surface area contributed by atoms with Gasteiger partial charge in [0.05, 0.1) is 24.8 Å². The van der Waals surface area contributed by atoms with Crippen molar-refractivity contribution in [2.75, 3.05) is 18.1 Å². The summed E-state index contributed by atoms with van der Waals surface area (Å²) in [6, 6.07) is 14.7. The van der Waals surface area contributed by atoms with Crippen LogP contribution in [0, 0.1) is 6.92 Å². The van der Waals surface area contributed by atoms with Crippen LogP contribution >= 0.6 is 0 Å². The Hall–Kier alpha value is -4.07. The van der Waals surface area contributed by atoms with E-state index in [9.17, 15) is 14.7 Å². The van der Waals surface area contributed by atoms with Gasteiger partial charge in [0.2, 0.25) is 0 Å². The molecule has 2 heterocycles. The Kier molecular flexibility index (Phi) is 8.28. The highest BCUT2D eigenvalue weighted by molar-refractivity contribution is 6.51. The van der Waals surface area contributed by atoms with Crippen LogP contribution in [0.15, 0.2) is 64.7 Å². The van der Waals surface area contributed by atoms with E-state index in [4.69, 9.17) is 14.0 Å². The predicted molar refractivity (Wildman–Crippen MR) is 140 cm³/mol. The summed E-state index contributed by atoms with van der Waals surface area (Å²) >= 11 is 0. The van der Waals surface area contributed by atoms with Crippen molar-refractivity contribution in [3.05, 3.63) is 77.1 Å². The summed E-state index contributed by atoms with van der Waals surface area (Å²) in [7, 11) is 0. The maximum absolute atomic E-state index is 13.3. The summed E-state index contributed by atoms with van der Waals surface area (Å²) < 4.78 is 16.6. The first-order valence-corrected chi connectivity index (χ1v) is 12.6. The van der Waals surface area contributed by atoms with E-state index < -0.39 is 17.7 Å². The van der Waals surface area contributed by atoms with Crippen LogP contribution in [0.4, 0.5) is 5.82 Å². The first kappa shape index (κ1) is 26.0. The maximum atomic E-state index is 13.3. The van der Waals surface area contributed by atoms with E-state index in [1.165, 1.54) is 4.90 Å². The van der Waals surface area contributed by atoms with Gasteiger partial charge in [0.25, 0.3) is 5.78 Å². The summed E-state index contributed by atoms with van der Waals surface area (Å²) in [5, 5.41) is 15.2. The molecule has 1 atom stereocenters. The highest BCUT2D eigenvalue weighted by atomic mass is 16.5. The quantitative estimate of drug-likeness (QED) is 0.149. The number of nitrogens with zero attached hydrogens (tertiary/aromatic N) is 2. The molecule has 1 fully saturated rings. The van der Waals surface area contributed by atoms with E-state index in [0.717, 1.165) is 25.7 Å². The summed E-state index contributed by atoms with van der Waals surface area (Å²) in [6.45, 7) is 7.04. The highest BCUT2D eigenvalue weighted by Crippen LogP contribution is 2.42. The van der Waals surface area contributed by atoms with E-state index >= 15 is 0 Å². The third kappa shape index (κ3) is 5.69. The number of aryl methyl sites for hydroxylation is 1. The lowest BCUT2D eigenvalue weighted by molar-refractivity contribution is -0.132. The molecule has 1 amide bonds. The zero-order chi connectivity index (χ0) is 26.4. The monoisotopic (exact) mass is 504 g/mol. The van der Waals surface area contributed by atoms with Crippen LogP contribution in [0.5, 0.6) is 11.5 Å². The van der Waals surface area contributed by atoms with Crippen molar-refractivity contribution in [3.8, 4) is 11.5 Å². The van der Waals surface area contributed by atoms with Crippen LogP contribution in [0.1, 0.15) is 62.5 Å². The first-order chi connectivity index (χ1) is 17.9. The number of carbonyl (C=O) groups is 2. The average Bonchev–Trinajstić information content (AvgIpc) is 3.45. The van der Waals surface area contributed by atoms with Crippen molar-refractivity contribution in [2.24, 2.45) is 0 Å². The topological polar surface area (TPSA) is 102 Å². The number of anilines is 1. The minimum Gasteiger partial charge on any atom is -0.507 e. The van der Waals surface area contributed by atoms with Crippen LogP contribution in [0.3, 0.4) is 0 Å². The molecule has 8 heteroatoms. The molecule has 0 bridgehead atoms. The Bertz CT molecular complexity index is 1260. The Morgan fingerprint density at radius 3 is 2.19 bits per heavy atom. The predicted octanol–water partition coefficient (Wildman–Crippen LogP) is 5.97. The number of ether oxygens (including phenoxy) is 2. The van der Waals surface area contributed by atoms with E-state index in [1.807, 2.05) is 6.92 Å². The molecule has 0 spiro atoms. The molecular formula is C29H32N2O6. The van der Waals surface area contributed by atoms with Crippen LogP contribution in [0.2, 0.25) is 0 Å². The lowest BCUT2D eigenvalue weighted by atomic mass is 9.95. The minimum absolute atomic E-state index is 0.0236. The zero-order valence-electron chi connectivity index (χ0n) is 21.4. The van der Waals surface area contributed by atoms with Gasteiger partial charge in [-0.15, -0.1) is 0 Å². The molecule has 37 heavy (non-hydrogen) atoms. The SMILES string of the molecule is CCCCCOc1ccc(C2/C(=C(/O)c3ccc(OCCC)cc3)C(=O)C(=O)N2c2cc(C)on2)cc1. The van der Waals surface area contributed by atoms with Crippen molar-refractivity contribution in [3.63, 3.8) is 0 Å². The third-order valence-electron chi connectivity index (χ3n) is 6.12. The molecule has 4 rings (SSSR count). The number of amides is 1. The number of ketones is 1. The van der Waals surface area contributed by atoms with Crippen LogP contribution in [-0.4, -0.2) is 35.2 Å². The number of unbranched alkanes of at least 4 members (excludes halogenated alkanes) is 2. The van der Waals surface area contributed by atoms with Crippen LogP contribution in [0.25, 0.3) is 5.76 Å². The Morgan fingerprint density at radius 2 is 1.59 bits per heavy atom. The Balaban J connectivity index is 1.72. The summed E-state index contributed by atoms with van der Waals surface area (Å²) in [5.74, 6) is 0.186. The molecular weight excluding hydrogens is 472 g/mol. The van der Waals surface area contributed by atoms with Gasteiger partial charge in [0.1, 0.15) is 23.0 Å². The molecule has 1 aliphatic rings. The summed E-state index contributed by atoms with van der Waals surface area (Å²) in [6.07, 6.45) is 4.04. The fraction of sp³-hybridized carbons (Fsp3) is 0.345. The summed E-state index contributed by atoms with van der Waals surface area (Å²) in [4.78, 5) is 27.7. The Labute approximate surface area is 216 Å². The average molecular weight is 505 g/mol. The fourth-order valence-electron chi connectivity index (χ4n) is 4.22. The van der Waals surface area contributed by atoms with Crippen molar-refractivity contribution in [1.82, 2.24) is 5.16 Å². The number of Topliss-reactive ketones (excluding diaryl/α,β-unsaturated/α-hetero) is 1. The molecule has 194 valence electrons. The van der Waals surface area contributed by atoms with Crippen molar-refractivity contribution in [2.45, 2.75) is 52.5 Å². The molecule has 1 saturated heterocycles. The first-order valence-electron chi connectivity index (χ1n) is 12.6. The van der Waals surface area contributed by atoms with Crippen molar-refractivity contribution >= 4 is 23.3 Å². The van der Waals surface area contributed by atoms with E-state index in [-0.39, 0.29) is 17.2 Å². The molecule has 2 aromatic carbocycles. The molecule has 1 N–H and O–H groups in total. The number of aromatic nitrogens is 1. The molecule has 0 aliphatic carbocycles. The lowest BCUT2D eigenvalue weighted by Crippen LogP contribution is -2.29. The van der Waals surface area contributed by atoms with Gasteiger partial charge >= 0.3 is 5.91 Å². The van der Waals surface area contributed by atoms with Gasteiger partial charge < -0.3 is 19.1 Å². The largest absolute Gasteiger partial charge is 0.507 e. The van der Waals surface area contributed by atoms with Gasteiger partial charge in [0.15, 0.2) is 5.82 Å². The molecule has 1 aliphatic heterocycles. The second-order valence-electron chi connectivity index (χ2n) is 8.96. The normalized spacial score (nSPS) is 16.8. The molecule has 8 nitrogen and oxygen atoms in total. The molecule has 3 aromatic rings. The summed E-state index contributed by atoms with van der Waals surface area (Å²) in [5.41, 5.74) is 1.01. The number of benzene rings is 2. The van der Waals surface area contributed by atoms with Gasteiger partial charge in [0, 0.05) is 11.6 Å². The van der Waals surface area contributed by atoms with Crippen molar-refractivity contribution in [1.29, 1.82) is 0 Å². The number of hydrogen-bond acceptors (Lipinski definition) is 7. The second-order valence-corrected chi connectivity index (χ2v) is 8.96. The highest BCUT2D eigenvalue weighted by Gasteiger charge is 2.48. The molecule has 0 radical (unpaired) electrons. The van der Waals surface area contributed by atoms with E-state index in [0.29, 0.717) is 41.6 Å². The van der Waals surface area contributed by atoms with Crippen molar-refractivity contribution < 1.29 is 28.7 Å². The zero-order valence-corrected chi connectivity index (χ0v) is 21.4. The number of carbonyl (C=O) groups excluding carboxylic acids is 2. The number of aliphatic hydroxyl groups is 1. The minimum atomic E-state index is -0.894. The van der Waals surface area contributed by atoms with Gasteiger partial charge in [-0.05, 0) is 61.7 Å². The maximum Gasteiger partial charge on any atom is 0.301 e. The van der Waals surface area contributed by atoms with Gasteiger partial charge in [-0.25, -0.2) is 0 Å². The van der Waals surface area contributed by atoms with Crippen LogP contribution in [-0.2, 0) is 9.59 Å². The molecule has 1 aromatic heterocycles. The van der Waals surface area contributed by atoms with E-state index in [1.54, 1.807) is 61.5 Å². The smallest absolute Gasteiger partial charge is 0.301 e. The molecule has 0 saturated carbocycles. The Morgan fingerprint density at radius 1 is 0.946 bits per heavy atom. The van der Waals surface area contributed by atoms with Gasteiger partial charge in [-0.1, -0.05) is 44.0 Å². The molecule has 1 unspecified atom stereocenters. The standard InChI is InChI=1S/C29H32N2O6/c1-4-6-7-17-36-23-12-8-20(9-13-23)26-25(27(32)21-10-14-22(15-11-21)35-16-5-2)28(33)29(34)31(26)24-18-19(3)37-30-24/h8-15,18,26,32H,4-7,16-17H2,1-3H3/b27-25-. The fourth-order valence-corrected chi connectivity index (χ4v) is 4.22.